The zero-order chi connectivity index (χ0) is 24.2. The highest BCUT2D eigenvalue weighted by Crippen LogP contribution is 2.53. The second-order valence-corrected chi connectivity index (χ2v) is 8.90. The molecule has 1 saturated heterocycles. The van der Waals surface area contributed by atoms with Crippen LogP contribution in [0.15, 0.2) is 48.0 Å². The number of benzene rings is 2. The topological polar surface area (TPSA) is 96.4 Å². The number of hydrogen-bond donors (Lipinski definition) is 1. The number of para-hydroxylation sites is 1. The lowest BCUT2D eigenvalue weighted by Gasteiger charge is -2.34. The number of ketones is 1. The lowest BCUT2D eigenvalue weighted by molar-refractivity contribution is -0.143. The number of likely N-dealkylation sites (tertiary alicyclic amines) is 1. The van der Waals surface area contributed by atoms with Crippen LogP contribution in [-0.4, -0.2) is 61.0 Å². The molecule has 8 heteroatoms. The number of amides is 2. The first-order valence-corrected chi connectivity index (χ1v) is 11.3. The molecule has 8 nitrogen and oxygen atoms in total. The second kappa shape index (κ2) is 7.99. The molecule has 0 unspecified atom stereocenters. The van der Waals surface area contributed by atoms with Crippen molar-refractivity contribution in [1.29, 1.82) is 0 Å². The molecule has 1 N–H and O–H groups in total. The van der Waals surface area contributed by atoms with Gasteiger partial charge in [0.2, 0.25) is 0 Å². The number of anilines is 1. The van der Waals surface area contributed by atoms with Crippen molar-refractivity contribution < 1.29 is 29.0 Å². The highest BCUT2D eigenvalue weighted by molar-refractivity contribution is 6.50. The molecule has 0 aliphatic carbocycles. The van der Waals surface area contributed by atoms with Crippen molar-refractivity contribution in [2.75, 3.05) is 32.2 Å². The molecule has 0 bridgehead atoms. The molecule has 0 aromatic heterocycles. The van der Waals surface area contributed by atoms with Gasteiger partial charge in [-0.05, 0) is 43.2 Å². The number of methoxy groups -OCH3 is 1. The number of hydrogen-bond acceptors (Lipinski definition) is 6. The van der Waals surface area contributed by atoms with Gasteiger partial charge in [0, 0.05) is 50.5 Å². The molecule has 3 aliphatic rings. The van der Waals surface area contributed by atoms with E-state index in [-0.39, 0.29) is 24.0 Å². The highest BCUT2D eigenvalue weighted by atomic mass is 16.5. The van der Waals surface area contributed by atoms with E-state index < -0.39 is 23.1 Å². The maximum atomic E-state index is 13.9. The van der Waals surface area contributed by atoms with Gasteiger partial charge < -0.3 is 24.4 Å². The average Bonchev–Trinajstić information content (AvgIpc) is 3.39. The Morgan fingerprint density at radius 2 is 1.97 bits per heavy atom. The Kier molecular flexibility index (Phi) is 5.20. The molecule has 0 radical (unpaired) electrons. The molecule has 2 amide bonds. The van der Waals surface area contributed by atoms with Crippen LogP contribution in [-0.2, 0) is 31.1 Å². The van der Waals surface area contributed by atoms with Gasteiger partial charge in [-0.1, -0.05) is 18.2 Å². The molecular weight excluding hydrogens is 436 g/mol. The van der Waals surface area contributed by atoms with Crippen LogP contribution in [0.25, 0.3) is 5.76 Å². The molecule has 1 fully saturated rings. The summed E-state index contributed by atoms with van der Waals surface area (Å²) < 4.78 is 10.9. The minimum absolute atomic E-state index is 0.00860. The van der Waals surface area contributed by atoms with Crippen molar-refractivity contribution in [3.8, 4) is 5.75 Å². The van der Waals surface area contributed by atoms with E-state index in [1.807, 2.05) is 6.92 Å². The number of likely N-dealkylation sites (N-methyl/N-ethyl adjacent to an activating group) is 1. The summed E-state index contributed by atoms with van der Waals surface area (Å²) in [7, 11) is 3.16. The Balaban J connectivity index is 1.75. The summed E-state index contributed by atoms with van der Waals surface area (Å²) in [5.74, 6) is -1.79. The van der Waals surface area contributed by atoms with Crippen LogP contribution in [0.5, 0.6) is 5.75 Å². The Hall–Kier alpha value is -3.65. The Labute approximate surface area is 197 Å². The zero-order valence-corrected chi connectivity index (χ0v) is 19.3. The first-order chi connectivity index (χ1) is 16.3. The van der Waals surface area contributed by atoms with E-state index in [9.17, 15) is 19.5 Å². The smallest absolute Gasteiger partial charge is 0.296 e. The van der Waals surface area contributed by atoms with Crippen molar-refractivity contribution in [3.05, 3.63) is 64.7 Å². The number of ether oxygens (including phenoxy) is 2. The largest absolute Gasteiger partial charge is 0.507 e. The van der Waals surface area contributed by atoms with Crippen molar-refractivity contribution in [3.63, 3.8) is 0 Å². The Morgan fingerprint density at radius 1 is 1.21 bits per heavy atom. The number of nitrogens with zero attached hydrogens (tertiary/aromatic N) is 2. The van der Waals surface area contributed by atoms with Gasteiger partial charge in [0.15, 0.2) is 5.54 Å². The summed E-state index contributed by atoms with van der Waals surface area (Å²) in [6.45, 7) is 2.43. The maximum Gasteiger partial charge on any atom is 0.296 e. The summed E-state index contributed by atoms with van der Waals surface area (Å²) in [6, 6.07) is 12.2. The molecule has 34 heavy (non-hydrogen) atoms. The lowest BCUT2D eigenvalue weighted by Crippen LogP contribution is -2.51. The highest BCUT2D eigenvalue weighted by Gasteiger charge is 2.66. The summed E-state index contributed by atoms with van der Waals surface area (Å²) in [6.07, 6.45) is 1.10. The molecule has 0 saturated carbocycles. The predicted octanol–water partition coefficient (Wildman–Crippen LogP) is 2.60. The van der Waals surface area contributed by atoms with Crippen molar-refractivity contribution in [1.82, 2.24) is 4.90 Å². The maximum absolute atomic E-state index is 13.9. The number of rotatable bonds is 5. The third kappa shape index (κ3) is 2.91. The standard InChI is InChI=1S/C26H26N2O6/c1-15-13-17-14-16(9-10-20(17)34-15)22(29)21-23(30)24(31)28(11-6-12-33-3)26(21)18-7-4-5-8-19(18)27(2)25(26)32/h4-5,7-10,14-15,29H,6,11-13H2,1-3H3/t15-,26-/m0/s1. The molecule has 2 aromatic rings. The van der Waals surface area contributed by atoms with E-state index in [0.29, 0.717) is 36.3 Å². The molecule has 5 rings (SSSR count). The normalized spacial score (nSPS) is 24.7. The van der Waals surface area contributed by atoms with Gasteiger partial charge in [-0.3, -0.25) is 14.4 Å². The fourth-order valence-electron chi connectivity index (χ4n) is 5.35. The molecule has 2 atom stereocenters. The third-order valence-electron chi connectivity index (χ3n) is 6.84. The molecule has 1 spiro atoms. The van der Waals surface area contributed by atoms with Crippen molar-refractivity contribution in [2.45, 2.75) is 31.4 Å². The fourth-order valence-corrected chi connectivity index (χ4v) is 5.35. The number of fused-ring (bicyclic) bond motifs is 3. The number of aliphatic hydroxyl groups is 1. The van der Waals surface area contributed by atoms with Crippen LogP contribution in [0.3, 0.4) is 0 Å². The van der Waals surface area contributed by atoms with E-state index in [0.717, 1.165) is 11.3 Å². The van der Waals surface area contributed by atoms with E-state index in [2.05, 4.69) is 0 Å². The van der Waals surface area contributed by atoms with Gasteiger partial charge in [-0.15, -0.1) is 0 Å². The van der Waals surface area contributed by atoms with Gasteiger partial charge in [0.05, 0.1) is 5.57 Å². The van der Waals surface area contributed by atoms with E-state index in [1.54, 1.807) is 56.6 Å². The zero-order valence-electron chi connectivity index (χ0n) is 19.3. The molecule has 3 aliphatic heterocycles. The molecule has 3 heterocycles. The third-order valence-corrected chi connectivity index (χ3v) is 6.84. The average molecular weight is 463 g/mol. The van der Waals surface area contributed by atoms with Crippen LogP contribution < -0.4 is 9.64 Å². The van der Waals surface area contributed by atoms with Gasteiger partial charge in [-0.2, -0.15) is 0 Å². The van der Waals surface area contributed by atoms with E-state index >= 15 is 0 Å². The minimum atomic E-state index is -1.74. The quantitative estimate of drug-likeness (QED) is 0.318. The monoisotopic (exact) mass is 462 g/mol. The van der Waals surface area contributed by atoms with E-state index in [1.165, 1.54) is 9.80 Å². The Bertz CT molecular complexity index is 1250. The number of Topliss-reactive ketones (excluding diaryl/α,β-unsaturated/α-hetero) is 1. The van der Waals surface area contributed by atoms with Crippen LogP contribution in [0.1, 0.15) is 30.0 Å². The van der Waals surface area contributed by atoms with Gasteiger partial charge in [-0.25, -0.2) is 0 Å². The van der Waals surface area contributed by atoms with Crippen molar-refractivity contribution in [2.24, 2.45) is 0 Å². The van der Waals surface area contributed by atoms with Crippen LogP contribution >= 0.6 is 0 Å². The predicted molar refractivity (Wildman–Crippen MR) is 125 cm³/mol. The summed E-state index contributed by atoms with van der Waals surface area (Å²) in [4.78, 5) is 43.4. The second-order valence-electron chi connectivity index (χ2n) is 8.90. The number of carbonyl (C=O) groups excluding carboxylic acids is 3. The first-order valence-electron chi connectivity index (χ1n) is 11.3. The molecule has 176 valence electrons. The number of carbonyl (C=O) groups is 3. The van der Waals surface area contributed by atoms with Gasteiger partial charge >= 0.3 is 0 Å². The fraction of sp³-hybridized carbons (Fsp3) is 0.346. The van der Waals surface area contributed by atoms with Crippen LogP contribution in [0.2, 0.25) is 0 Å². The molecule has 2 aromatic carbocycles. The number of aliphatic hydroxyl groups excluding tert-OH is 1. The van der Waals surface area contributed by atoms with Gasteiger partial charge in [0.1, 0.15) is 17.6 Å². The molecular formula is C26H26N2O6. The summed E-state index contributed by atoms with van der Waals surface area (Å²) in [5.41, 5.74) is 0.413. The Morgan fingerprint density at radius 3 is 2.74 bits per heavy atom. The van der Waals surface area contributed by atoms with Gasteiger partial charge in [0.25, 0.3) is 17.6 Å². The van der Waals surface area contributed by atoms with Crippen molar-refractivity contribution >= 4 is 29.0 Å². The SMILES string of the molecule is COCCCN1C(=O)C(=O)C(=C(O)c2ccc3c(c2)C[C@H](C)O3)[C@@]12C(=O)N(C)c1ccccc12. The van der Waals surface area contributed by atoms with Crippen LogP contribution in [0, 0.1) is 0 Å². The summed E-state index contributed by atoms with van der Waals surface area (Å²) in [5, 5.41) is 11.5. The minimum Gasteiger partial charge on any atom is -0.507 e. The summed E-state index contributed by atoms with van der Waals surface area (Å²) >= 11 is 0. The first kappa shape index (κ1) is 22.2. The van der Waals surface area contributed by atoms with Crippen LogP contribution in [0.4, 0.5) is 5.69 Å². The van der Waals surface area contributed by atoms with E-state index in [4.69, 9.17) is 9.47 Å². The lowest BCUT2D eigenvalue weighted by atomic mass is 9.81.